The van der Waals surface area contributed by atoms with Crippen molar-refractivity contribution in [3.63, 3.8) is 0 Å². The van der Waals surface area contributed by atoms with Gasteiger partial charge < -0.3 is 4.90 Å². The molecule has 0 spiro atoms. The van der Waals surface area contributed by atoms with Crippen LogP contribution in [0.15, 0.2) is 23.8 Å². The SMILES string of the molecule is CN1CC(=CC=CC2CN(C)C2)C1. The first kappa shape index (κ1) is 8.97. The zero-order chi connectivity index (χ0) is 9.26. The van der Waals surface area contributed by atoms with Crippen LogP contribution in [0.2, 0.25) is 0 Å². The van der Waals surface area contributed by atoms with Crippen LogP contribution in [0.25, 0.3) is 0 Å². The number of likely N-dealkylation sites (N-methyl/N-ethyl adjacent to an activating group) is 1. The van der Waals surface area contributed by atoms with Crippen molar-refractivity contribution in [2.24, 2.45) is 5.92 Å². The van der Waals surface area contributed by atoms with Crippen LogP contribution < -0.4 is 0 Å². The first-order chi connectivity index (χ1) is 6.24. The highest BCUT2D eigenvalue weighted by Gasteiger charge is 2.19. The molecule has 0 aromatic heterocycles. The van der Waals surface area contributed by atoms with E-state index in [1.54, 1.807) is 5.57 Å². The predicted molar refractivity (Wildman–Crippen MR) is 55.7 cm³/mol. The lowest BCUT2D eigenvalue weighted by molar-refractivity contribution is 0.170. The summed E-state index contributed by atoms with van der Waals surface area (Å²) in [5.41, 5.74) is 1.56. The van der Waals surface area contributed by atoms with E-state index in [0.29, 0.717) is 0 Å². The number of likely N-dealkylation sites (tertiary alicyclic amines) is 2. The zero-order valence-electron chi connectivity index (χ0n) is 8.53. The van der Waals surface area contributed by atoms with E-state index < -0.39 is 0 Å². The molecule has 2 heteroatoms. The summed E-state index contributed by atoms with van der Waals surface area (Å²) in [5.74, 6) is 0.805. The monoisotopic (exact) mass is 178 g/mol. The van der Waals surface area contributed by atoms with Crippen LogP contribution in [-0.2, 0) is 0 Å². The van der Waals surface area contributed by atoms with Crippen molar-refractivity contribution in [1.29, 1.82) is 0 Å². The lowest BCUT2D eigenvalue weighted by Gasteiger charge is -2.34. The van der Waals surface area contributed by atoms with Crippen LogP contribution in [0.3, 0.4) is 0 Å². The summed E-state index contributed by atoms with van der Waals surface area (Å²) >= 11 is 0. The van der Waals surface area contributed by atoms with Crippen LogP contribution >= 0.6 is 0 Å². The lowest BCUT2D eigenvalue weighted by Crippen LogP contribution is -2.42. The summed E-state index contributed by atoms with van der Waals surface area (Å²) in [6, 6.07) is 0. The van der Waals surface area contributed by atoms with Gasteiger partial charge in [0, 0.05) is 32.1 Å². The molecule has 2 saturated heterocycles. The minimum Gasteiger partial charge on any atom is -0.305 e. The molecule has 2 aliphatic heterocycles. The maximum absolute atomic E-state index is 2.35. The Hall–Kier alpha value is -0.600. The second-order valence-electron chi connectivity index (χ2n) is 4.36. The summed E-state index contributed by atoms with van der Waals surface area (Å²) in [5, 5.41) is 0. The lowest BCUT2D eigenvalue weighted by atomic mass is 10.00. The molecule has 0 N–H and O–H groups in total. The van der Waals surface area contributed by atoms with Crippen LogP contribution in [0.4, 0.5) is 0 Å². The van der Waals surface area contributed by atoms with E-state index in [2.05, 4.69) is 42.1 Å². The van der Waals surface area contributed by atoms with Gasteiger partial charge in [-0.3, -0.25) is 4.90 Å². The quantitative estimate of drug-likeness (QED) is 0.622. The van der Waals surface area contributed by atoms with E-state index >= 15 is 0 Å². The van der Waals surface area contributed by atoms with Gasteiger partial charge in [-0.2, -0.15) is 0 Å². The van der Waals surface area contributed by atoms with E-state index in [0.717, 1.165) is 19.0 Å². The van der Waals surface area contributed by atoms with E-state index in [1.807, 2.05) is 0 Å². The van der Waals surface area contributed by atoms with E-state index in [9.17, 15) is 0 Å². The minimum absolute atomic E-state index is 0.805. The molecule has 2 nitrogen and oxygen atoms in total. The second kappa shape index (κ2) is 3.64. The third-order valence-electron chi connectivity index (χ3n) is 2.75. The molecular formula is C11H18N2. The standard InChI is InChI=1S/C11H18N2/c1-12-6-10(7-12)4-3-5-11-8-13(2)9-11/h3-5,10H,6-9H2,1-2H3. The van der Waals surface area contributed by atoms with Crippen molar-refractivity contribution in [3.8, 4) is 0 Å². The topological polar surface area (TPSA) is 6.48 Å². The van der Waals surface area contributed by atoms with Crippen LogP contribution in [0, 0.1) is 5.92 Å². The molecule has 0 amide bonds. The minimum atomic E-state index is 0.805. The smallest absolute Gasteiger partial charge is 0.0209 e. The highest BCUT2D eigenvalue weighted by atomic mass is 15.2. The van der Waals surface area contributed by atoms with Gasteiger partial charge in [0.1, 0.15) is 0 Å². The molecule has 72 valence electrons. The van der Waals surface area contributed by atoms with Crippen molar-refractivity contribution in [1.82, 2.24) is 9.80 Å². The summed E-state index contributed by atoms with van der Waals surface area (Å²) in [6.45, 7) is 4.79. The molecule has 0 bridgehead atoms. The Morgan fingerprint density at radius 1 is 1.15 bits per heavy atom. The Labute approximate surface area is 80.5 Å². The number of nitrogens with zero attached hydrogens (tertiary/aromatic N) is 2. The Balaban J connectivity index is 1.70. The number of rotatable bonds is 2. The van der Waals surface area contributed by atoms with Crippen LogP contribution in [-0.4, -0.2) is 50.1 Å². The molecule has 0 unspecified atom stereocenters. The van der Waals surface area contributed by atoms with Crippen molar-refractivity contribution in [2.45, 2.75) is 0 Å². The average molecular weight is 178 g/mol. The molecule has 0 saturated carbocycles. The third kappa shape index (κ3) is 2.20. The van der Waals surface area contributed by atoms with Crippen molar-refractivity contribution < 1.29 is 0 Å². The Morgan fingerprint density at radius 3 is 2.38 bits per heavy atom. The second-order valence-corrected chi connectivity index (χ2v) is 4.36. The molecule has 13 heavy (non-hydrogen) atoms. The fraction of sp³-hybridized carbons (Fsp3) is 0.636. The Morgan fingerprint density at radius 2 is 1.85 bits per heavy atom. The molecule has 2 rings (SSSR count). The summed E-state index contributed by atoms with van der Waals surface area (Å²) in [6.07, 6.45) is 6.85. The first-order valence-corrected chi connectivity index (χ1v) is 4.97. The van der Waals surface area contributed by atoms with Crippen molar-refractivity contribution in [3.05, 3.63) is 23.8 Å². The Bertz CT molecular complexity index is 228. The predicted octanol–water partition coefficient (Wildman–Crippen LogP) is 0.976. The van der Waals surface area contributed by atoms with Gasteiger partial charge in [0.15, 0.2) is 0 Å². The van der Waals surface area contributed by atoms with Gasteiger partial charge in [0.25, 0.3) is 0 Å². The van der Waals surface area contributed by atoms with Crippen molar-refractivity contribution in [2.75, 3.05) is 40.3 Å². The molecule has 0 aromatic rings. The number of hydrogen-bond donors (Lipinski definition) is 0. The Kier molecular flexibility index (Phi) is 2.51. The molecule has 0 aliphatic carbocycles. The number of hydrogen-bond acceptors (Lipinski definition) is 2. The normalized spacial score (nSPS) is 26.2. The fourth-order valence-electron chi connectivity index (χ4n) is 1.97. The maximum atomic E-state index is 2.35. The summed E-state index contributed by atoms with van der Waals surface area (Å²) in [4.78, 5) is 4.66. The molecule has 0 aromatic carbocycles. The molecule has 2 aliphatic rings. The van der Waals surface area contributed by atoms with Gasteiger partial charge >= 0.3 is 0 Å². The van der Waals surface area contributed by atoms with Gasteiger partial charge in [-0.1, -0.05) is 18.2 Å². The van der Waals surface area contributed by atoms with Gasteiger partial charge in [0.2, 0.25) is 0 Å². The number of allylic oxidation sites excluding steroid dienone is 2. The maximum Gasteiger partial charge on any atom is 0.0209 e. The van der Waals surface area contributed by atoms with Gasteiger partial charge in [-0.05, 0) is 19.7 Å². The zero-order valence-corrected chi connectivity index (χ0v) is 8.53. The molecule has 0 atom stereocenters. The van der Waals surface area contributed by atoms with Gasteiger partial charge in [0.05, 0.1) is 0 Å². The van der Waals surface area contributed by atoms with Gasteiger partial charge in [-0.15, -0.1) is 0 Å². The van der Waals surface area contributed by atoms with Gasteiger partial charge in [-0.25, -0.2) is 0 Å². The van der Waals surface area contributed by atoms with E-state index in [4.69, 9.17) is 0 Å². The molecule has 2 heterocycles. The molecular weight excluding hydrogens is 160 g/mol. The third-order valence-corrected chi connectivity index (χ3v) is 2.75. The van der Waals surface area contributed by atoms with Crippen LogP contribution in [0.1, 0.15) is 0 Å². The first-order valence-electron chi connectivity index (χ1n) is 4.97. The molecule has 2 fully saturated rings. The highest BCUT2D eigenvalue weighted by molar-refractivity contribution is 5.21. The van der Waals surface area contributed by atoms with Crippen molar-refractivity contribution >= 4 is 0 Å². The highest BCUT2D eigenvalue weighted by Crippen LogP contribution is 2.15. The molecule has 0 radical (unpaired) electrons. The largest absolute Gasteiger partial charge is 0.305 e. The average Bonchev–Trinajstić information content (AvgIpc) is 1.97. The van der Waals surface area contributed by atoms with Crippen LogP contribution in [0.5, 0.6) is 0 Å². The van der Waals surface area contributed by atoms with E-state index in [-0.39, 0.29) is 0 Å². The van der Waals surface area contributed by atoms with E-state index in [1.165, 1.54) is 13.1 Å². The fourth-order valence-corrected chi connectivity index (χ4v) is 1.97. The summed E-state index contributed by atoms with van der Waals surface area (Å²) < 4.78 is 0. The summed E-state index contributed by atoms with van der Waals surface area (Å²) in [7, 11) is 4.33.